The van der Waals surface area contributed by atoms with Gasteiger partial charge in [-0.1, -0.05) is 18.2 Å². The number of likely N-dealkylation sites (tertiary alicyclic amines) is 1. The number of carbonyl (C=O) groups is 2. The van der Waals surface area contributed by atoms with Gasteiger partial charge in [0, 0.05) is 35.8 Å². The van der Waals surface area contributed by atoms with Crippen molar-refractivity contribution in [3.63, 3.8) is 0 Å². The Morgan fingerprint density at radius 2 is 1.95 bits per heavy atom. The molecule has 2 N–H and O–H groups in total. The maximum atomic E-state index is 14.6. The third kappa shape index (κ3) is 5.01. The number of H-pyrrole nitrogens is 1. The van der Waals surface area contributed by atoms with Crippen LogP contribution in [-0.4, -0.2) is 58.2 Å². The number of piperidine rings is 1. The van der Waals surface area contributed by atoms with Crippen LogP contribution in [0.2, 0.25) is 0 Å². The number of nitrogens with one attached hydrogen (secondary N) is 2. The summed E-state index contributed by atoms with van der Waals surface area (Å²) in [5.41, 5.74) is 1.31. The van der Waals surface area contributed by atoms with Gasteiger partial charge in [0.05, 0.1) is 29.6 Å². The Labute approximate surface area is 212 Å². The van der Waals surface area contributed by atoms with Gasteiger partial charge in [-0.3, -0.25) is 19.8 Å². The fourth-order valence-electron chi connectivity index (χ4n) is 5.12. The molecular weight excluding hydrogens is 480 g/mol. The van der Waals surface area contributed by atoms with Crippen LogP contribution in [0.15, 0.2) is 42.7 Å². The van der Waals surface area contributed by atoms with E-state index in [2.05, 4.69) is 20.5 Å². The molecule has 3 aromatic rings. The molecule has 2 aliphatic rings. The van der Waals surface area contributed by atoms with Gasteiger partial charge in [0.15, 0.2) is 0 Å². The standard InChI is InChI=1S/C27H27F2N5O3/c1-37-27(36)25(23-20(28)5-2-6-21(23)29)34-13-3-4-18(15-34)31-26(35)17-7-8-22-19(14-17)24(33-32-22)16-9-11-30-12-10-16/h2,5-6,8-12,14,17-18,25,32H,3-4,7,13,15H2,1H3,(H,31,35)/t17?,18-,25+/m1/s1. The van der Waals surface area contributed by atoms with Crippen molar-refractivity contribution >= 4 is 24.0 Å². The number of esters is 1. The van der Waals surface area contributed by atoms with Gasteiger partial charge in [-0.15, -0.1) is 0 Å². The van der Waals surface area contributed by atoms with Crippen molar-refractivity contribution in [1.82, 2.24) is 25.4 Å². The molecule has 5 rings (SSSR count). The number of benzene rings is 1. The fourth-order valence-corrected chi connectivity index (χ4v) is 5.12. The van der Waals surface area contributed by atoms with E-state index in [1.807, 2.05) is 24.3 Å². The zero-order valence-electron chi connectivity index (χ0n) is 20.3. The van der Waals surface area contributed by atoms with Crippen molar-refractivity contribution in [2.45, 2.75) is 31.3 Å². The van der Waals surface area contributed by atoms with Crippen LogP contribution in [0.4, 0.5) is 8.78 Å². The average Bonchev–Trinajstić information content (AvgIpc) is 3.34. The van der Waals surface area contributed by atoms with Crippen LogP contribution in [-0.2, 0) is 14.3 Å². The molecule has 10 heteroatoms. The second kappa shape index (κ2) is 10.6. The van der Waals surface area contributed by atoms with E-state index >= 15 is 0 Å². The summed E-state index contributed by atoms with van der Waals surface area (Å²) in [6.45, 7) is 0.700. The molecule has 3 atom stereocenters. The first-order chi connectivity index (χ1) is 18.0. The van der Waals surface area contributed by atoms with Crippen molar-refractivity contribution in [1.29, 1.82) is 0 Å². The molecule has 37 heavy (non-hydrogen) atoms. The Balaban J connectivity index is 1.34. The van der Waals surface area contributed by atoms with E-state index in [0.29, 0.717) is 25.8 Å². The predicted molar refractivity (Wildman–Crippen MR) is 132 cm³/mol. The lowest BCUT2D eigenvalue weighted by atomic mass is 9.95. The van der Waals surface area contributed by atoms with E-state index in [9.17, 15) is 18.4 Å². The van der Waals surface area contributed by atoms with Crippen LogP contribution in [0.5, 0.6) is 0 Å². The smallest absolute Gasteiger partial charge is 0.327 e. The molecular formula is C27H27F2N5O3. The van der Waals surface area contributed by atoms with Crippen molar-refractivity contribution in [2.75, 3.05) is 20.2 Å². The molecule has 2 aromatic heterocycles. The number of ether oxygens (including phenoxy) is 1. The molecule has 1 fully saturated rings. The summed E-state index contributed by atoms with van der Waals surface area (Å²) in [6, 6.07) is 5.69. The SMILES string of the molecule is COC(=O)[C@H](c1c(F)cccc1F)N1CCC[C@@H](NC(=O)C2C=c3c(-c4ccncc4)n[nH]c3=CC2)C1. The van der Waals surface area contributed by atoms with E-state index < -0.39 is 29.6 Å². The fraction of sp³-hybridized carbons (Fsp3) is 0.333. The minimum atomic E-state index is -1.24. The number of nitrogens with zero attached hydrogens (tertiary/aromatic N) is 3. The molecule has 1 saturated heterocycles. The molecule has 3 heterocycles. The number of carbonyl (C=O) groups excluding carboxylic acids is 2. The highest BCUT2D eigenvalue weighted by molar-refractivity contribution is 5.86. The molecule has 0 saturated carbocycles. The van der Waals surface area contributed by atoms with Crippen molar-refractivity contribution in [3.05, 3.63) is 70.5 Å². The number of hydrogen-bond donors (Lipinski definition) is 2. The molecule has 1 aromatic carbocycles. The highest BCUT2D eigenvalue weighted by atomic mass is 19.1. The highest BCUT2D eigenvalue weighted by Gasteiger charge is 2.37. The number of aromatic amines is 1. The Kier molecular flexibility index (Phi) is 7.09. The van der Waals surface area contributed by atoms with Gasteiger partial charge in [0.1, 0.15) is 17.7 Å². The minimum Gasteiger partial charge on any atom is -0.468 e. The van der Waals surface area contributed by atoms with Crippen LogP contribution in [0, 0.1) is 17.6 Å². The third-order valence-electron chi connectivity index (χ3n) is 6.93. The van der Waals surface area contributed by atoms with E-state index in [4.69, 9.17) is 4.74 Å². The molecule has 0 radical (unpaired) electrons. The Bertz CT molecular complexity index is 1410. The number of aromatic nitrogens is 3. The number of methoxy groups -OCH3 is 1. The van der Waals surface area contributed by atoms with E-state index in [1.165, 1.54) is 13.2 Å². The first-order valence-corrected chi connectivity index (χ1v) is 12.2. The van der Waals surface area contributed by atoms with Crippen LogP contribution < -0.4 is 15.9 Å². The summed E-state index contributed by atoms with van der Waals surface area (Å²) >= 11 is 0. The highest BCUT2D eigenvalue weighted by Crippen LogP contribution is 2.30. The number of amides is 1. The summed E-state index contributed by atoms with van der Waals surface area (Å²) in [6.07, 6.45) is 9.10. The Morgan fingerprint density at radius 1 is 1.19 bits per heavy atom. The molecule has 1 amide bonds. The summed E-state index contributed by atoms with van der Waals surface area (Å²) in [7, 11) is 1.19. The maximum Gasteiger partial charge on any atom is 0.327 e. The van der Waals surface area contributed by atoms with E-state index in [0.717, 1.165) is 34.0 Å². The second-order valence-corrected chi connectivity index (χ2v) is 9.25. The summed E-state index contributed by atoms with van der Waals surface area (Å²) < 4.78 is 34.1. The number of rotatable bonds is 6. The van der Waals surface area contributed by atoms with Crippen molar-refractivity contribution < 1.29 is 23.1 Å². The molecule has 1 aliphatic carbocycles. The van der Waals surface area contributed by atoms with Crippen LogP contribution in [0.1, 0.15) is 30.9 Å². The van der Waals surface area contributed by atoms with Gasteiger partial charge < -0.3 is 10.1 Å². The monoisotopic (exact) mass is 507 g/mol. The molecule has 1 unspecified atom stereocenters. The number of fused-ring (bicyclic) bond motifs is 1. The molecule has 0 bridgehead atoms. The topological polar surface area (TPSA) is 100 Å². The van der Waals surface area contributed by atoms with Gasteiger partial charge in [-0.25, -0.2) is 13.6 Å². The second-order valence-electron chi connectivity index (χ2n) is 9.25. The first kappa shape index (κ1) is 24.8. The molecule has 8 nitrogen and oxygen atoms in total. The number of pyridine rings is 1. The van der Waals surface area contributed by atoms with Crippen LogP contribution >= 0.6 is 0 Å². The van der Waals surface area contributed by atoms with E-state index in [-0.39, 0.29) is 24.1 Å². The summed E-state index contributed by atoms with van der Waals surface area (Å²) in [5, 5.41) is 12.3. The van der Waals surface area contributed by atoms with Crippen molar-refractivity contribution in [3.8, 4) is 11.3 Å². The summed E-state index contributed by atoms with van der Waals surface area (Å²) in [5.74, 6) is -2.92. The molecule has 192 valence electrons. The van der Waals surface area contributed by atoms with Gasteiger partial charge in [-0.05, 0) is 50.1 Å². The number of halogens is 2. The minimum absolute atomic E-state index is 0.151. The largest absolute Gasteiger partial charge is 0.468 e. The molecule has 1 aliphatic heterocycles. The summed E-state index contributed by atoms with van der Waals surface area (Å²) in [4.78, 5) is 31.6. The van der Waals surface area contributed by atoms with Crippen LogP contribution in [0.25, 0.3) is 23.4 Å². The zero-order valence-corrected chi connectivity index (χ0v) is 20.3. The lowest BCUT2D eigenvalue weighted by Crippen LogP contribution is -2.51. The quantitative estimate of drug-likeness (QED) is 0.494. The number of hydrogen-bond acceptors (Lipinski definition) is 6. The lowest BCUT2D eigenvalue weighted by Gasteiger charge is -2.37. The normalized spacial score (nSPS) is 20.2. The lowest BCUT2D eigenvalue weighted by molar-refractivity contribution is -0.148. The first-order valence-electron chi connectivity index (χ1n) is 12.2. The average molecular weight is 508 g/mol. The van der Waals surface area contributed by atoms with Gasteiger partial charge >= 0.3 is 5.97 Å². The zero-order chi connectivity index (χ0) is 25.9. The van der Waals surface area contributed by atoms with Gasteiger partial charge in [0.2, 0.25) is 5.91 Å². The Morgan fingerprint density at radius 3 is 2.68 bits per heavy atom. The van der Waals surface area contributed by atoms with Crippen molar-refractivity contribution in [2.24, 2.45) is 5.92 Å². The van der Waals surface area contributed by atoms with Crippen LogP contribution in [0.3, 0.4) is 0 Å². The van der Waals surface area contributed by atoms with Gasteiger partial charge in [-0.2, -0.15) is 5.10 Å². The predicted octanol–water partition coefficient (Wildman–Crippen LogP) is 1.83. The maximum absolute atomic E-state index is 14.6. The third-order valence-corrected chi connectivity index (χ3v) is 6.93. The van der Waals surface area contributed by atoms with E-state index in [1.54, 1.807) is 17.3 Å². The van der Waals surface area contributed by atoms with Gasteiger partial charge in [0.25, 0.3) is 0 Å². The molecule has 0 spiro atoms. The Hall–Kier alpha value is -3.92.